The Bertz CT molecular complexity index is 263. The Balaban J connectivity index is 1.68. The fourth-order valence-corrected chi connectivity index (χ4v) is 3.08. The van der Waals surface area contributed by atoms with Gasteiger partial charge in [0.1, 0.15) is 0 Å². The summed E-state index contributed by atoms with van der Waals surface area (Å²) in [5.41, 5.74) is 0. The number of hydrogen-bond donors (Lipinski definition) is 1. The van der Waals surface area contributed by atoms with E-state index in [0.717, 1.165) is 25.4 Å². The molecule has 2 rings (SSSR count). The maximum absolute atomic E-state index is 10.8. The van der Waals surface area contributed by atoms with Gasteiger partial charge in [0.15, 0.2) is 6.10 Å². The first-order valence-corrected chi connectivity index (χ1v) is 6.72. The molecule has 4 nitrogen and oxygen atoms in total. The lowest BCUT2D eigenvalue weighted by atomic mass is 10.1. The minimum atomic E-state index is -0.814. The number of carboxylic acid groups (broad SMARTS) is 1. The smallest absolute Gasteiger partial charge is 0.332 e. The van der Waals surface area contributed by atoms with E-state index in [-0.39, 0.29) is 6.10 Å². The number of carboxylic acids is 1. The zero-order valence-corrected chi connectivity index (χ0v) is 10.6. The minimum absolute atomic E-state index is 0.113. The normalized spacial score (nSPS) is 30.2. The number of nitrogens with zero attached hydrogens (tertiary/aromatic N) is 1. The third-order valence-electron chi connectivity index (χ3n) is 3.94. The predicted octanol–water partition coefficient (Wildman–Crippen LogP) is 1.74. The van der Waals surface area contributed by atoms with Gasteiger partial charge in [-0.3, -0.25) is 0 Å². The van der Waals surface area contributed by atoms with Gasteiger partial charge < -0.3 is 14.7 Å². The summed E-state index contributed by atoms with van der Waals surface area (Å²) in [7, 11) is 2.12. The van der Waals surface area contributed by atoms with Crippen LogP contribution < -0.4 is 0 Å². The molecule has 98 valence electrons. The second kappa shape index (κ2) is 5.83. The zero-order chi connectivity index (χ0) is 12.3. The molecule has 1 aliphatic carbocycles. The molecule has 0 spiro atoms. The largest absolute Gasteiger partial charge is 0.479 e. The minimum Gasteiger partial charge on any atom is -0.479 e. The predicted molar refractivity (Wildman–Crippen MR) is 65.0 cm³/mol. The van der Waals surface area contributed by atoms with Gasteiger partial charge in [-0.05, 0) is 38.6 Å². The average molecular weight is 241 g/mol. The Hall–Kier alpha value is -0.610. The number of rotatable bonds is 5. The summed E-state index contributed by atoms with van der Waals surface area (Å²) in [5.74, 6) is 0.0302. The molecule has 0 aromatic rings. The van der Waals surface area contributed by atoms with Gasteiger partial charge in [0, 0.05) is 13.1 Å². The fraction of sp³-hybridized carbons (Fsp3) is 0.923. The van der Waals surface area contributed by atoms with Gasteiger partial charge in [0.05, 0.1) is 6.10 Å². The van der Waals surface area contributed by atoms with Crippen LogP contribution in [0, 0.1) is 5.92 Å². The van der Waals surface area contributed by atoms with Gasteiger partial charge >= 0.3 is 5.97 Å². The highest BCUT2D eigenvalue weighted by atomic mass is 16.5. The summed E-state index contributed by atoms with van der Waals surface area (Å²) in [6, 6.07) is 0. The van der Waals surface area contributed by atoms with E-state index in [9.17, 15) is 4.79 Å². The molecular formula is C13H23NO3. The molecule has 2 aliphatic rings. The first kappa shape index (κ1) is 12.8. The summed E-state index contributed by atoms with van der Waals surface area (Å²) in [5, 5.41) is 8.86. The summed E-state index contributed by atoms with van der Waals surface area (Å²) < 4.78 is 5.52. The number of aliphatic carboxylic acids is 1. The zero-order valence-electron chi connectivity index (χ0n) is 10.6. The molecule has 4 heteroatoms. The summed E-state index contributed by atoms with van der Waals surface area (Å²) >= 11 is 0. The van der Waals surface area contributed by atoms with Crippen LogP contribution in [0.1, 0.15) is 38.5 Å². The Morgan fingerprint density at radius 3 is 2.53 bits per heavy atom. The van der Waals surface area contributed by atoms with Crippen LogP contribution in [-0.2, 0) is 9.53 Å². The standard InChI is InChI=1S/C13H23NO3/c1-14(8-10-4-2-3-5-10)9-11-6-7-12(17-11)13(15)16/h10-12H,2-9H2,1H3,(H,15,16). The molecule has 1 saturated carbocycles. The van der Waals surface area contributed by atoms with Crippen LogP contribution in [0.3, 0.4) is 0 Å². The van der Waals surface area contributed by atoms with Gasteiger partial charge in [-0.2, -0.15) is 0 Å². The van der Waals surface area contributed by atoms with Crippen LogP contribution in [0.5, 0.6) is 0 Å². The van der Waals surface area contributed by atoms with Crippen molar-refractivity contribution in [2.75, 3.05) is 20.1 Å². The van der Waals surface area contributed by atoms with Crippen molar-refractivity contribution >= 4 is 5.97 Å². The molecular weight excluding hydrogens is 218 g/mol. The molecule has 17 heavy (non-hydrogen) atoms. The van der Waals surface area contributed by atoms with Crippen molar-refractivity contribution in [1.29, 1.82) is 0 Å². The third-order valence-corrected chi connectivity index (χ3v) is 3.94. The summed E-state index contributed by atoms with van der Waals surface area (Å²) in [6.07, 6.45) is 6.55. The van der Waals surface area contributed by atoms with Crippen LogP contribution in [0.4, 0.5) is 0 Å². The summed E-state index contributed by atoms with van der Waals surface area (Å²) in [6.45, 7) is 2.01. The molecule has 2 unspecified atom stereocenters. The van der Waals surface area contributed by atoms with E-state index in [0.29, 0.717) is 6.42 Å². The molecule has 0 aromatic carbocycles. The van der Waals surface area contributed by atoms with E-state index in [2.05, 4.69) is 11.9 Å². The van der Waals surface area contributed by atoms with E-state index in [1.807, 2.05) is 0 Å². The number of carbonyl (C=O) groups is 1. The Labute approximate surface area is 103 Å². The molecule has 0 aromatic heterocycles. The van der Waals surface area contributed by atoms with Crippen LogP contribution in [-0.4, -0.2) is 48.3 Å². The Morgan fingerprint density at radius 1 is 1.24 bits per heavy atom. The van der Waals surface area contributed by atoms with E-state index < -0.39 is 12.1 Å². The Morgan fingerprint density at radius 2 is 1.94 bits per heavy atom. The fourth-order valence-electron chi connectivity index (χ4n) is 3.08. The van der Waals surface area contributed by atoms with Crippen LogP contribution in [0.2, 0.25) is 0 Å². The SMILES string of the molecule is CN(CC1CCCC1)CC1CCC(C(=O)O)O1. The summed E-state index contributed by atoms with van der Waals surface area (Å²) in [4.78, 5) is 13.1. The molecule has 0 bridgehead atoms. The maximum Gasteiger partial charge on any atom is 0.332 e. The lowest BCUT2D eigenvalue weighted by Crippen LogP contribution is -2.33. The second-order valence-electron chi connectivity index (χ2n) is 5.53. The molecule has 0 amide bonds. The van der Waals surface area contributed by atoms with Crippen LogP contribution in [0.15, 0.2) is 0 Å². The lowest BCUT2D eigenvalue weighted by molar-refractivity contribution is -0.149. The van der Waals surface area contributed by atoms with E-state index in [1.165, 1.54) is 25.7 Å². The van der Waals surface area contributed by atoms with E-state index in [1.54, 1.807) is 0 Å². The van der Waals surface area contributed by atoms with Gasteiger partial charge in [0.25, 0.3) is 0 Å². The molecule has 0 radical (unpaired) electrons. The molecule has 1 heterocycles. The third kappa shape index (κ3) is 3.68. The number of hydrogen-bond acceptors (Lipinski definition) is 3. The maximum atomic E-state index is 10.8. The van der Waals surface area contributed by atoms with E-state index >= 15 is 0 Å². The first-order valence-electron chi connectivity index (χ1n) is 6.72. The second-order valence-corrected chi connectivity index (χ2v) is 5.53. The first-order chi connectivity index (χ1) is 8.15. The highest BCUT2D eigenvalue weighted by Crippen LogP contribution is 2.26. The quantitative estimate of drug-likeness (QED) is 0.796. The van der Waals surface area contributed by atoms with Crippen molar-refractivity contribution in [1.82, 2.24) is 4.90 Å². The van der Waals surface area contributed by atoms with Crippen molar-refractivity contribution in [3.05, 3.63) is 0 Å². The van der Waals surface area contributed by atoms with Crippen LogP contribution >= 0.6 is 0 Å². The molecule has 2 fully saturated rings. The monoisotopic (exact) mass is 241 g/mol. The van der Waals surface area contributed by atoms with E-state index in [4.69, 9.17) is 9.84 Å². The van der Waals surface area contributed by atoms with Crippen molar-refractivity contribution in [2.45, 2.75) is 50.7 Å². The van der Waals surface area contributed by atoms with Gasteiger partial charge in [0.2, 0.25) is 0 Å². The van der Waals surface area contributed by atoms with Crippen molar-refractivity contribution in [2.24, 2.45) is 5.92 Å². The molecule has 1 aliphatic heterocycles. The molecule has 1 saturated heterocycles. The lowest BCUT2D eigenvalue weighted by Gasteiger charge is -2.23. The molecule has 1 N–H and O–H groups in total. The molecule has 2 atom stereocenters. The van der Waals surface area contributed by atoms with Gasteiger partial charge in [-0.1, -0.05) is 12.8 Å². The van der Waals surface area contributed by atoms with Crippen LogP contribution in [0.25, 0.3) is 0 Å². The van der Waals surface area contributed by atoms with Gasteiger partial charge in [-0.15, -0.1) is 0 Å². The highest BCUT2D eigenvalue weighted by molar-refractivity contribution is 5.72. The highest BCUT2D eigenvalue weighted by Gasteiger charge is 2.31. The number of ether oxygens (including phenoxy) is 1. The van der Waals surface area contributed by atoms with Gasteiger partial charge in [-0.25, -0.2) is 4.79 Å². The average Bonchev–Trinajstić information content (AvgIpc) is 2.88. The van der Waals surface area contributed by atoms with Crippen molar-refractivity contribution < 1.29 is 14.6 Å². The Kier molecular flexibility index (Phi) is 4.40. The topological polar surface area (TPSA) is 49.8 Å². The number of likely N-dealkylation sites (N-methyl/N-ethyl adjacent to an activating group) is 1. The van der Waals surface area contributed by atoms with Crippen molar-refractivity contribution in [3.63, 3.8) is 0 Å². The van der Waals surface area contributed by atoms with Crippen molar-refractivity contribution in [3.8, 4) is 0 Å².